The van der Waals surface area contributed by atoms with Gasteiger partial charge < -0.3 is 10.6 Å². The number of carbonyl (C=O) groups excluding carboxylic acids is 2. The molecule has 0 spiro atoms. The molecule has 0 saturated carbocycles. The minimum Gasteiger partial charge on any atom is -0.326 e. The third-order valence-electron chi connectivity index (χ3n) is 4.80. The van der Waals surface area contributed by atoms with E-state index in [9.17, 15) is 9.59 Å². The van der Waals surface area contributed by atoms with Crippen molar-refractivity contribution in [2.24, 2.45) is 5.92 Å². The van der Waals surface area contributed by atoms with Crippen molar-refractivity contribution in [2.45, 2.75) is 26.3 Å². The van der Waals surface area contributed by atoms with Gasteiger partial charge in [0.1, 0.15) is 11.0 Å². The molecule has 3 N–H and O–H groups in total. The van der Waals surface area contributed by atoms with Crippen LogP contribution in [0.1, 0.15) is 25.8 Å². The van der Waals surface area contributed by atoms with E-state index in [2.05, 4.69) is 26.1 Å². The highest BCUT2D eigenvalue weighted by atomic mass is 35.5. The van der Waals surface area contributed by atoms with E-state index in [1.807, 2.05) is 32.0 Å². The van der Waals surface area contributed by atoms with Gasteiger partial charge in [0.15, 0.2) is 0 Å². The molecule has 1 heterocycles. The smallest absolute Gasteiger partial charge is 0.319 e. The van der Waals surface area contributed by atoms with Gasteiger partial charge in [0.05, 0.1) is 11.6 Å². The van der Waals surface area contributed by atoms with Gasteiger partial charge >= 0.3 is 6.03 Å². The monoisotopic (exact) mass is 468 g/mol. The van der Waals surface area contributed by atoms with Crippen molar-refractivity contribution in [3.63, 3.8) is 0 Å². The van der Waals surface area contributed by atoms with Crippen LogP contribution >= 0.6 is 22.9 Å². The van der Waals surface area contributed by atoms with E-state index in [0.29, 0.717) is 32.8 Å². The molecule has 0 aliphatic heterocycles. The summed E-state index contributed by atoms with van der Waals surface area (Å²) >= 11 is 7.15. The molecule has 0 aliphatic rings. The maximum Gasteiger partial charge on any atom is 0.319 e. The third kappa shape index (κ3) is 6.03. The van der Waals surface area contributed by atoms with Crippen molar-refractivity contribution in [2.75, 3.05) is 10.6 Å². The van der Waals surface area contributed by atoms with Crippen LogP contribution in [-0.4, -0.2) is 28.2 Å². The van der Waals surface area contributed by atoms with E-state index < -0.39 is 12.1 Å². The second-order valence-electron chi connectivity index (χ2n) is 7.06. The van der Waals surface area contributed by atoms with Crippen LogP contribution in [-0.2, 0) is 4.79 Å². The van der Waals surface area contributed by atoms with Gasteiger partial charge in [0.25, 0.3) is 0 Å². The summed E-state index contributed by atoms with van der Waals surface area (Å²) in [5.74, 6) is -0.501. The molecule has 1 aromatic heterocycles. The molecular formula is C22H21ClN6O2S. The highest BCUT2D eigenvalue weighted by Crippen LogP contribution is 2.27. The number of hydrogen-bond acceptors (Lipinski definition) is 6. The molecule has 8 nitrogen and oxygen atoms in total. The van der Waals surface area contributed by atoms with E-state index >= 15 is 0 Å². The number of nitriles is 1. The fraction of sp³-hybridized carbons (Fsp3) is 0.227. The molecule has 3 amide bonds. The lowest BCUT2D eigenvalue weighted by molar-refractivity contribution is -0.119. The van der Waals surface area contributed by atoms with Crippen molar-refractivity contribution in [3.8, 4) is 16.6 Å². The normalized spacial score (nSPS) is 12.3. The first-order chi connectivity index (χ1) is 15.4. The van der Waals surface area contributed by atoms with E-state index in [1.165, 1.54) is 11.3 Å². The lowest BCUT2D eigenvalue weighted by atomic mass is 9.98. The quantitative estimate of drug-likeness (QED) is 0.455. The largest absolute Gasteiger partial charge is 0.326 e. The van der Waals surface area contributed by atoms with Gasteiger partial charge in [0, 0.05) is 16.3 Å². The van der Waals surface area contributed by atoms with Crippen LogP contribution < -0.4 is 16.0 Å². The topological polar surface area (TPSA) is 120 Å². The Morgan fingerprint density at radius 2 is 1.78 bits per heavy atom. The average molecular weight is 469 g/mol. The molecule has 2 atom stereocenters. The van der Waals surface area contributed by atoms with Gasteiger partial charge in [-0.2, -0.15) is 5.26 Å². The first-order valence-electron chi connectivity index (χ1n) is 9.87. The van der Waals surface area contributed by atoms with Gasteiger partial charge in [0.2, 0.25) is 11.0 Å². The molecule has 3 aromatic rings. The highest BCUT2D eigenvalue weighted by molar-refractivity contribution is 7.18. The summed E-state index contributed by atoms with van der Waals surface area (Å²) in [6.07, 6.45) is 0.682. The molecule has 0 saturated heterocycles. The Bertz CT molecular complexity index is 1120. The van der Waals surface area contributed by atoms with Crippen LogP contribution in [0.5, 0.6) is 0 Å². The lowest BCUT2D eigenvalue weighted by Crippen LogP contribution is -2.49. The van der Waals surface area contributed by atoms with Gasteiger partial charge in [-0.25, -0.2) is 4.79 Å². The van der Waals surface area contributed by atoms with E-state index in [-0.39, 0.29) is 11.8 Å². The van der Waals surface area contributed by atoms with Crippen LogP contribution in [0.25, 0.3) is 10.6 Å². The SMILES string of the molecule is CC[C@@H](C)[C@H](NC(=O)Nc1ccc(C#N)cc1)C(=O)Nc1nnc(-c2ccc(Cl)cc2)s1. The van der Waals surface area contributed by atoms with Gasteiger partial charge in [-0.15, -0.1) is 10.2 Å². The van der Waals surface area contributed by atoms with Crippen molar-refractivity contribution >= 4 is 45.7 Å². The third-order valence-corrected chi connectivity index (χ3v) is 5.94. The predicted octanol–water partition coefficient (Wildman–Crippen LogP) is 4.91. The van der Waals surface area contributed by atoms with Crippen molar-refractivity contribution in [3.05, 3.63) is 59.1 Å². The lowest BCUT2D eigenvalue weighted by Gasteiger charge is -2.23. The maximum absolute atomic E-state index is 12.9. The van der Waals surface area contributed by atoms with Gasteiger partial charge in [-0.3, -0.25) is 10.1 Å². The summed E-state index contributed by atoms with van der Waals surface area (Å²) in [4.78, 5) is 25.4. The number of nitrogens with one attached hydrogen (secondary N) is 3. The molecule has 0 unspecified atom stereocenters. The van der Waals surface area contributed by atoms with E-state index in [0.717, 1.165) is 5.56 Å². The van der Waals surface area contributed by atoms with Gasteiger partial charge in [-0.05, 0) is 42.3 Å². The van der Waals surface area contributed by atoms with E-state index in [1.54, 1.807) is 36.4 Å². The number of urea groups is 1. The molecule has 2 aromatic carbocycles. The summed E-state index contributed by atoms with van der Waals surface area (Å²) in [5, 5.41) is 26.8. The zero-order valence-corrected chi connectivity index (χ0v) is 19.0. The van der Waals surface area contributed by atoms with Crippen LogP contribution in [0, 0.1) is 17.2 Å². The molecular weight excluding hydrogens is 448 g/mol. The molecule has 0 fully saturated rings. The second kappa shape index (κ2) is 10.7. The molecule has 0 aliphatic carbocycles. The number of aromatic nitrogens is 2. The van der Waals surface area contributed by atoms with Crippen LogP contribution in [0.4, 0.5) is 15.6 Å². The van der Waals surface area contributed by atoms with Crippen molar-refractivity contribution in [1.29, 1.82) is 5.26 Å². The van der Waals surface area contributed by atoms with Crippen LogP contribution in [0.2, 0.25) is 5.02 Å². The zero-order valence-electron chi connectivity index (χ0n) is 17.4. The van der Waals surface area contributed by atoms with Crippen molar-refractivity contribution in [1.82, 2.24) is 15.5 Å². The number of amides is 3. The number of nitrogens with zero attached hydrogens (tertiary/aromatic N) is 3. The summed E-state index contributed by atoms with van der Waals surface area (Å²) in [6, 6.07) is 14.3. The van der Waals surface area contributed by atoms with Crippen molar-refractivity contribution < 1.29 is 9.59 Å². The predicted molar refractivity (Wildman–Crippen MR) is 126 cm³/mol. The first-order valence-corrected chi connectivity index (χ1v) is 11.1. The maximum atomic E-state index is 12.9. The zero-order chi connectivity index (χ0) is 23.1. The Hall–Kier alpha value is -3.48. The number of benzene rings is 2. The van der Waals surface area contributed by atoms with Gasteiger partial charge in [-0.1, -0.05) is 55.3 Å². The minimum atomic E-state index is -0.777. The molecule has 32 heavy (non-hydrogen) atoms. The number of hydrogen-bond donors (Lipinski definition) is 3. The Morgan fingerprint density at radius 3 is 2.41 bits per heavy atom. The van der Waals surface area contributed by atoms with Crippen LogP contribution in [0.3, 0.4) is 0 Å². The second-order valence-corrected chi connectivity index (χ2v) is 8.47. The number of halogens is 1. The number of rotatable bonds is 7. The fourth-order valence-corrected chi connectivity index (χ4v) is 3.68. The average Bonchev–Trinajstić information content (AvgIpc) is 3.26. The van der Waals surface area contributed by atoms with E-state index in [4.69, 9.17) is 16.9 Å². The summed E-state index contributed by atoms with van der Waals surface area (Å²) < 4.78 is 0. The molecule has 10 heteroatoms. The Morgan fingerprint density at radius 1 is 1.09 bits per heavy atom. The first kappa shape index (κ1) is 23.2. The molecule has 0 radical (unpaired) electrons. The molecule has 164 valence electrons. The molecule has 3 rings (SSSR count). The fourth-order valence-electron chi connectivity index (χ4n) is 2.80. The Labute approximate surface area is 194 Å². The Kier molecular flexibility index (Phi) is 7.76. The standard InChI is InChI=1S/C22H21ClN6O2S/c1-3-13(2)18(26-21(31)25-17-10-4-14(12-24)5-11-17)19(30)27-22-29-28-20(32-22)15-6-8-16(23)9-7-15/h4-11,13,18H,3H2,1-2H3,(H2,25,26,31)(H,27,29,30)/t13-,18+/m1/s1. The molecule has 0 bridgehead atoms. The van der Waals surface area contributed by atoms with Crippen LogP contribution in [0.15, 0.2) is 48.5 Å². The number of carbonyl (C=O) groups is 2. The Balaban J connectivity index is 1.66. The summed E-state index contributed by atoms with van der Waals surface area (Å²) in [6.45, 7) is 3.82. The summed E-state index contributed by atoms with van der Waals surface area (Å²) in [7, 11) is 0. The highest BCUT2D eigenvalue weighted by Gasteiger charge is 2.27. The minimum absolute atomic E-state index is 0.120. The summed E-state index contributed by atoms with van der Waals surface area (Å²) in [5.41, 5.74) is 1.84. The number of anilines is 2.